The maximum absolute atomic E-state index is 13.3. The van der Waals surface area contributed by atoms with Gasteiger partial charge in [0.1, 0.15) is 41.3 Å². The van der Waals surface area contributed by atoms with Gasteiger partial charge >= 0.3 is 0 Å². The van der Waals surface area contributed by atoms with Crippen LogP contribution in [0.4, 0.5) is 4.39 Å². The molecule has 0 aliphatic carbocycles. The Morgan fingerprint density at radius 1 is 1.17 bits per heavy atom. The molecule has 1 aliphatic rings. The molecule has 1 heterocycles. The molecule has 3 aromatic carbocycles. The van der Waals surface area contributed by atoms with Crippen molar-refractivity contribution in [1.82, 2.24) is 0 Å². The number of hydrogen-bond donors (Lipinski definition) is 2. The molecule has 0 unspecified atom stereocenters. The average Bonchev–Trinajstić information content (AvgIpc) is 2.71. The summed E-state index contributed by atoms with van der Waals surface area (Å²) < 4.78 is 24.6. The molecule has 30 heavy (non-hydrogen) atoms. The lowest BCUT2D eigenvalue weighted by Crippen LogP contribution is -2.21. The standard InChI is InChI=1S/C23H16ClFN2O3/c24-19-9-14(4-7-20(19)29-12-13-2-1-3-15(25)8-13)22-17-6-5-16(28)10-21(17)30-23(27)18(22)11-26/h1-10,22,28H,12,27H2/t22-/m1/s1. The summed E-state index contributed by atoms with van der Waals surface area (Å²) in [6.45, 7) is 0.159. The summed E-state index contributed by atoms with van der Waals surface area (Å²) in [5, 5.41) is 19.7. The number of benzene rings is 3. The van der Waals surface area contributed by atoms with Crippen LogP contribution in [0.15, 0.2) is 72.1 Å². The lowest BCUT2D eigenvalue weighted by molar-refractivity contribution is 0.305. The van der Waals surface area contributed by atoms with Gasteiger partial charge < -0.3 is 20.3 Å². The highest BCUT2D eigenvalue weighted by molar-refractivity contribution is 6.32. The number of nitriles is 1. The molecule has 0 spiro atoms. The first-order chi connectivity index (χ1) is 14.5. The summed E-state index contributed by atoms with van der Waals surface area (Å²) in [6.07, 6.45) is 0. The second-order valence-corrected chi connectivity index (χ2v) is 7.16. The van der Waals surface area contributed by atoms with Gasteiger partial charge in [-0.1, -0.05) is 35.9 Å². The van der Waals surface area contributed by atoms with Crippen molar-refractivity contribution < 1.29 is 19.0 Å². The Balaban J connectivity index is 1.66. The summed E-state index contributed by atoms with van der Waals surface area (Å²) in [6, 6.07) is 18.0. The molecule has 5 nitrogen and oxygen atoms in total. The number of phenolic OH excluding ortho intramolecular Hbond substituents is 1. The molecule has 0 fully saturated rings. The molecule has 0 amide bonds. The van der Waals surface area contributed by atoms with E-state index in [1.807, 2.05) is 0 Å². The number of allylic oxidation sites excluding steroid dienone is 1. The third-order valence-corrected chi connectivity index (χ3v) is 5.07. The van der Waals surface area contributed by atoms with Crippen molar-refractivity contribution in [3.8, 4) is 23.3 Å². The Hall–Kier alpha value is -3.69. The molecule has 1 aliphatic heterocycles. The Morgan fingerprint density at radius 2 is 2.00 bits per heavy atom. The number of ether oxygens (including phenoxy) is 2. The Bertz CT molecular complexity index is 1200. The van der Waals surface area contributed by atoms with Crippen LogP contribution in [0, 0.1) is 17.1 Å². The largest absolute Gasteiger partial charge is 0.508 e. The number of fused-ring (bicyclic) bond motifs is 1. The topological polar surface area (TPSA) is 88.5 Å². The lowest BCUT2D eigenvalue weighted by Gasteiger charge is -2.26. The number of phenols is 1. The Labute approximate surface area is 177 Å². The number of hydrogen-bond acceptors (Lipinski definition) is 5. The van der Waals surface area contributed by atoms with Crippen molar-refractivity contribution >= 4 is 11.6 Å². The van der Waals surface area contributed by atoms with Gasteiger partial charge in [0.05, 0.1) is 10.9 Å². The van der Waals surface area contributed by atoms with Crippen molar-refractivity contribution in [1.29, 1.82) is 5.26 Å². The van der Waals surface area contributed by atoms with Crippen LogP contribution < -0.4 is 15.2 Å². The minimum Gasteiger partial charge on any atom is -0.508 e. The number of rotatable bonds is 4. The molecule has 0 saturated heterocycles. The van der Waals surface area contributed by atoms with Crippen LogP contribution in [0.5, 0.6) is 17.2 Å². The minimum absolute atomic E-state index is 0.0249. The van der Waals surface area contributed by atoms with Gasteiger partial charge in [0.25, 0.3) is 0 Å². The van der Waals surface area contributed by atoms with Gasteiger partial charge in [-0.25, -0.2) is 4.39 Å². The molecule has 0 saturated carbocycles. The first-order valence-electron chi connectivity index (χ1n) is 9.03. The van der Waals surface area contributed by atoms with Crippen molar-refractivity contribution in [2.24, 2.45) is 5.73 Å². The van der Waals surface area contributed by atoms with E-state index in [4.69, 9.17) is 26.8 Å². The molecule has 3 N–H and O–H groups in total. The van der Waals surface area contributed by atoms with Crippen molar-refractivity contribution in [2.45, 2.75) is 12.5 Å². The van der Waals surface area contributed by atoms with Gasteiger partial charge in [0.15, 0.2) is 0 Å². The molecular weight excluding hydrogens is 407 g/mol. The van der Waals surface area contributed by atoms with Gasteiger partial charge in [-0.2, -0.15) is 5.26 Å². The second kappa shape index (κ2) is 7.97. The maximum atomic E-state index is 13.3. The van der Waals surface area contributed by atoms with Crippen LogP contribution in [-0.4, -0.2) is 5.11 Å². The van der Waals surface area contributed by atoms with Crippen molar-refractivity contribution in [3.05, 3.63) is 99.7 Å². The van der Waals surface area contributed by atoms with Crippen LogP contribution in [0.3, 0.4) is 0 Å². The fourth-order valence-corrected chi connectivity index (χ4v) is 3.63. The molecule has 0 aromatic heterocycles. The summed E-state index contributed by atoms with van der Waals surface area (Å²) in [5.41, 5.74) is 8.26. The number of nitrogens with zero attached hydrogens (tertiary/aromatic N) is 1. The summed E-state index contributed by atoms with van der Waals surface area (Å²) in [4.78, 5) is 0. The predicted molar refractivity (Wildman–Crippen MR) is 110 cm³/mol. The number of aromatic hydroxyl groups is 1. The monoisotopic (exact) mass is 422 g/mol. The third-order valence-electron chi connectivity index (χ3n) is 4.78. The molecule has 0 radical (unpaired) electrons. The van der Waals surface area contributed by atoms with E-state index in [1.165, 1.54) is 24.3 Å². The molecule has 1 atom stereocenters. The highest BCUT2D eigenvalue weighted by atomic mass is 35.5. The zero-order valence-corrected chi connectivity index (χ0v) is 16.4. The first kappa shape index (κ1) is 19.6. The van der Waals surface area contributed by atoms with E-state index in [2.05, 4.69) is 6.07 Å². The first-order valence-corrected chi connectivity index (χ1v) is 9.41. The van der Waals surface area contributed by atoms with Crippen molar-refractivity contribution in [2.75, 3.05) is 0 Å². The van der Waals surface area contributed by atoms with Crippen LogP contribution in [-0.2, 0) is 6.61 Å². The van der Waals surface area contributed by atoms with E-state index >= 15 is 0 Å². The van der Waals surface area contributed by atoms with E-state index < -0.39 is 5.92 Å². The van der Waals surface area contributed by atoms with Crippen LogP contribution in [0.2, 0.25) is 5.02 Å². The van der Waals surface area contributed by atoms with Crippen molar-refractivity contribution in [3.63, 3.8) is 0 Å². The molecule has 3 aromatic rings. The Morgan fingerprint density at radius 3 is 2.73 bits per heavy atom. The minimum atomic E-state index is -0.505. The molecule has 0 bridgehead atoms. The van der Waals surface area contributed by atoms with Gasteiger partial charge in [0.2, 0.25) is 5.88 Å². The highest BCUT2D eigenvalue weighted by Crippen LogP contribution is 2.44. The van der Waals surface area contributed by atoms with Gasteiger partial charge in [-0.3, -0.25) is 0 Å². The Kier molecular flexibility index (Phi) is 5.21. The second-order valence-electron chi connectivity index (χ2n) is 6.76. The summed E-state index contributed by atoms with van der Waals surface area (Å²) >= 11 is 6.43. The van der Waals surface area contributed by atoms with Crippen LogP contribution >= 0.6 is 11.6 Å². The maximum Gasteiger partial charge on any atom is 0.205 e. The van der Waals surface area contributed by atoms with Gasteiger partial charge in [-0.15, -0.1) is 0 Å². The number of nitrogens with two attached hydrogens (primary N) is 1. The van der Waals surface area contributed by atoms with E-state index in [0.717, 1.165) is 0 Å². The van der Waals surface area contributed by atoms with Crippen LogP contribution in [0.1, 0.15) is 22.6 Å². The summed E-state index contributed by atoms with van der Waals surface area (Å²) in [5.74, 6) is -0.0375. The van der Waals surface area contributed by atoms with E-state index in [1.54, 1.807) is 36.4 Å². The molecule has 7 heteroatoms. The zero-order valence-electron chi connectivity index (χ0n) is 15.6. The molecular formula is C23H16ClFN2O3. The van der Waals surface area contributed by atoms with E-state index in [-0.39, 0.29) is 29.6 Å². The normalized spacial score (nSPS) is 15.2. The van der Waals surface area contributed by atoms with Crippen LogP contribution in [0.25, 0.3) is 0 Å². The zero-order chi connectivity index (χ0) is 21.3. The number of halogens is 2. The molecule has 4 rings (SSSR count). The lowest BCUT2D eigenvalue weighted by atomic mass is 9.83. The van der Waals surface area contributed by atoms with E-state index in [0.29, 0.717) is 33.2 Å². The summed E-state index contributed by atoms with van der Waals surface area (Å²) in [7, 11) is 0. The third kappa shape index (κ3) is 3.76. The predicted octanol–water partition coefficient (Wildman–Crippen LogP) is 4.98. The highest BCUT2D eigenvalue weighted by Gasteiger charge is 2.31. The molecule has 150 valence electrons. The quantitative estimate of drug-likeness (QED) is 0.618. The van der Waals surface area contributed by atoms with E-state index in [9.17, 15) is 14.8 Å². The SMILES string of the molecule is N#CC1=C(N)Oc2cc(O)ccc2[C@H]1c1ccc(OCc2cccc(F)c2)c(Cl)c1. The van der Waals surface area contributed by atoms with Gasteiger partial charge in [0, 0.05) is 11.6 Å². The fourth-order valence-electron chi connectivity index (χ4n) is 3.39. The van der Waals surface area contributed by atoms with Gasteiger partial charge in [-0.05, 0) is 41.5 Å². The average molecular weight is 423 g/mol. The fraction of sp³-hybridized carbons (Fsp3) is 0.0870. The smallest absolute Gasteiger partial charge is 0.205 e.